The summed E-state index contributed by atoms with van der Waals surface area (Å²) in [7, 11) is 0. The van der Waals surface area contributed by atoms with Crippen LogP contribution in [0.25, 0.3) is 0 Å². The van der Waals surface area contributed by atoms with Crippen molar-refractivity contribution in [2.75, 3.05) is 26.3 Å². The molecule has 0 spiro atoms. The summed E-state index contributed by atoms with van der Waals surface area (Å²) in [5.74, 6) is 0.0337. The summed E-state index contributed by atoms with van der Waals surface area (Å²) in [6.07, 6.45) is 1.95. The number of β-amino-alcohol motifs (C(OH)–C–C–N with tert-alkyl or cyclic N) is 1. The Balaban J connectivity index is 2.00. The summed E-state index contributed by atoms with van der Waals surface area (Å²) in [4.78, 5) is 13.4. The van der Waals surface area contributed by atoms with Crippen molar-refractivity contribution in [2.45, 2.75) is 18.9 Å². The summed E-state index contributed by atoms with van der Waals surface area (Å²) >= 11 is 0. The fourth-order valence-corrected chi connectivity index (χ4v) is 1.75. The minimum Gasteiger partial charge on any atom is -0.494 e. The monoisotopic (exact) mass is 213 g/mol. The Morgan fingerprint density at radius 1 is 1.60 bits per heavy atom. The molecule has 0 aromatic carbocycles. The van der Waals surface area contributed by atoms with Crippen LogP contribution in [0.15, 0.2) is 12.0 Å². The fraction of sp³-hybridized carbons (Fsp3) is 0.700. The van der Waals surface area contributed by atoms with Crippen molar-refractivity contribution in [1.82, 2.24) is 4.90 Å². The molecule has 0 aliphatic carbocycles. The first-order chi connectivity index (χ1) is 7.08. The largest absolute Gasteiger partial charge is 0.494 e. The van der Waals surface area contributed by atoms with Crippen LogP contribution >= 0.6 is 0 Å². The van der Waals surface area contributed by atoms with Gasteiger partial charge in [0.1, 0.15) is 19.5 Å². The lowest BCUT2D eigenvalue weighted by Crippen LogP contribution is -2.36. The second kappa shape index (κ2) is 3.73. The third-order valence-electron chi connectivity index (χ3n) is 2.60. The van der Waals surface area contributed by atoms with Gasteiger partial charge >= 0.3 is 0 Å². The molecule has 0 bridgehead atoms. The lowest BCUT2D eigenvalue weighted by Gasteiger charge is -2.21. The molecule has 84 valence electrons. The van der Waals surface area contributed by atoms with Crippen LogP contribution in [-0.4, -0.2) is 47.8 Å². The van der Waals surface area contributed by atoms with Crippen LogP contribution < -0.4 is 0 Å². The molecule has 0 aromatic rings. The average Bonchev–Trinajstić information content (AvgIpc) is 2.59. The number of aliphatic hydroxyl groups is 1. The van der Waals surface area contributed by atoms with Crippen molar-refractivity contribution >= 4 is 5.91 Å². The number of carbonyl (C=O) groups is 1. The van der Waals surface area contributed by atoms with Gasteiger partial charge in [-0.15, -0.1) is 0 Å². The Kier molecular flexibility index (Phi) is 2.56. The highest BCUT2D eigenvalue weighted by atomic mass is 16.6. The molecule has 2 aliphatic rings. The summed E-state index contributed by atoms with van der Waals surface area (Å²) in [6.45, 7) is 3.53. The Bertz CT molecular complexity index is 298. The maximum atomic E-state index is 11.8. The zero-order valence-electron chi connectivity index (χ0n) is 8.73. The van der Waals surface area contributed by atoms with Crippen molar-refractivity contribution in [3.63, 3.8) is 0 Å². The van der Waals surface area contributed by atoms with Crippen LogP contribution in [-0.2, 0) is 14.3 Å². The lowest BCUT2D eigenvalue weighted by molar-refractivity contribution is -0.132. The second-order valence-electron chi connectivity index (χ2n) is 4.18. The van der Waals surface area contributed by atoms with E-state index in [1.807, 2.05) is 0 Å². The number of nitrogens with zero attached hydrogens (tertiary/aromatic N) is 1. The van der Waals surface area contributed by atoms with Gasteiger partial charge in [0.05, 0.1) is 5.60 Å². The SMILES string of the molecule is CC1(O)CCN(C(=O)C2=COCCO2)C1. The van der Waals surface area contributed by atoms with Crippen molar-refractivity contribution in [2.24, 2.45) is 0 Å². The zero-order valence-corrected chi connectivity index (χ0v) is 8.73. The van der Waals surface area contributed by atoms with Gasteiger partial charge in [0.15, 0.2) is 0 Å². The van der Waals surface area contributed by atoms with Crippen LogP contribution in [0.5, 0.6) is 0 Å². The first-order valence-electron chi connectivity index (χ1n) is 5.05. The molecule has 0 aromatic heterocycles. The van der Waals surface area contributed by atoms with Crippen molar-refractivity contribution in [3.8, 4) is 0 Å². The molecular formula is C10H15NO4. The van der Waals surface area contributed by atoms with E-state index < -0.39 is 5.60 Å². The number of amides is 1. The first-order valence-corrected chi connectivity index (χ1v) is 5.05. The molecule has 1 unspecified atom stereocenters. The van der Waals surface area contributed by atoms with Crippen LogP contribution in [0.4, 0.5) is 0 Å². The molecule has 0 saturated carbocycles. The third kappa shape index (κ3) is 2.23. The van der Waals surface area contributed by atoms with Gasteiger partial charge in [-0.2, -0.15) is 0 Å². The highest BCUT2D eigenvalue weighted by Gasteiger charge is 2.35. The Morgan fingerprint density at radius 2 is 2.40 bits per heavy atom. The molecule has 15 heavy (non-hydrogen) atoms. The number of likely N-dealkylation sites (tertiary alicyclic amines) is 1. The van der Waals surface area contributed by atoms with Crippen molar-refractivity contribution in [3.05, 3.63) is 12.0 Å². The molecule has 2 rings (SSSR count). The third-order valence-corrected chi connectivity index (χ3v) is 2.60. The number of hydrogen-bond donors (Lipinski definition) is 1. The smallest absolute Gasteiger partial charge is 0.292 e. The number of rotatable bonds is 1. The van der Waals surface area contributed by atoms with Crippen LogP contribution in [0.1, 0.15) is 13.3 Å². The minimum absolute atomic E-state index is 0.201. The van der Waals surface area contributed by atoms with Gasteiger partial charge < -0.3 is 19.5 Å². The van der Waals surface area contributed by atoms with Gasteiger partial charge in [0, 0.05) is 13.1 Å². The van der Waals surface area contributed by atoms with Gasteiger partial charge in [-0.1, -0.05) is 0 Å². The zero-order chi connectivity index (χ0) is 10.9. The van der Waals surface area contributed by atoms with Crippen molar-refractivity contribution < 1.29 is 19.4 Å². The van der Waals surface area contributed by atoms with Gasteiger partial charge in [0.2, 0.25) is 5.76 Å². The predicted molar refractivity (Wildman–Crippen MR) is 51.8 cm³/mol. The average molecular weight is 213 g/mol. The Labute approximate surface area is 88.3 Å². The second-order valence-corrected chi connectivity index (χ2v) is 4.18. The maximum absolute atomic E-state index is 11.8. The van der Waals surface area contributed by atoms with E-state index in [2.05, 4.69) is 0 Å². The fourth-order valence-electron chi connectivity index (χ4n) is 1.75. The normalized spacial score (nSPS) is 30.5. The molecule has 1 atom stereocenters. The summed E-state index contributed by atoms with van der Waals surface area (Å²) in [5.41, 5.74) is -0.772. The molecular weight excluding hydrogens is 198 g/mol. The van der Waals surface area contributed by atoms with Gasteiger partial charge in [-0.3, -0.25) is 4.79 Å². The minimum atomic E-state index is -0.772. The molecule has 2 heterocycles. The molecule has 5 heteroatoms. The molecule has 1 saturated heterocycles. The van der Waals surface area contributed by atoms with Crippen LogP contribution in [0, 0.1) is 0 Å². The Morgan fingerprint density at radius 3 is 2.93 bits per heavy atom. The topological polar surface area (TPSA) is 59.0 Å². The summed E-state index contributed by atoms with van der Waals surface area (Å²) < 4.78 is 10.2. The van der Waals surface area contributed by atoms with Crippen LogP contribution in [0.2, 0.25) is 0 Å². The quantitative estimate of drug-likeness (QED) is 0.658. The number of ether oxygens (including phenoxy) is 2. The van der Waals surface area contributed by atoms with Crippen LogP contribution in [0.3, 0.4) is 0 Å². The molecule has 0 radical (unpaired) electrons. The molecule has 2 aliphatic heterocycles. The summed E-state index contributed by atoms with van der Waals surface area (Å²) in [5, 5.41) is 9.73. The molecule has 1 N–H and O–H groups in total. The van der Waals surface area contributed by atoms with Gasteiger partial charge in [-0.05, 0) is 13.3 Å². The molecule has 1 amide bonds. The van der Waals surface area contributed by atoms with Gasteiger partial charge in [0.25, 0.3) is 5.91 Å². The van der Waals surface area contributed by atoms with E-state index in [1.54, 1.807) is 11.8 Å². The van der Waals surface area contributed by atoms with Crippen molar-refractivity contribution in [1.29, 1.82) is 0 Å². The first kappa shape index (κ1) is 10.3. The number of carbonyl (C=O) groups excluding carboxylic acids is 1. The van der Waals surface area contributed by atoms with Gasteiger partial charge in [-0.25, -0.2) is 0 Å². The Hall–Kier alpha value is -1.23. The predicted octanol–water partition coefficient (Wildman–Crippen LogP) is -0.142. The molecule has 1 fully saturated rings. The lowest BCUT2D eigenvalue weighted by atomic mass is 10.1. The number of hydrogen-bond acceptors (Lipinski definition) is 4. The molecule has 5 nitrogen and oxygen atoms in total. The summed E-state index contributed by atoms with van der Waals surface area (Å²) in [6, 6.07) is 0. The van der Waals surface area contributed by atoms with E-state index in [9.17, 15) is 9.90 Å². The highest BCUT2D eigenvalue weighted by Crippen LogP contribution is 2.22. The maximum Gasteiger partial charge on any atom is 0.292 e. The highest BCUT2D eigenvalue weighted by molar-refractivity contribution is 5.91. The van der Waals surface area contributed by atoms with E-state index in [0.29, 0.717) is 32.7 Å². The van der Waals surface area contributed by atoms with E-state index in [1.165, 1.54) is 6.26 Å². The van der Waals surface area contributed by atoms with E-state index >= 15 is 0 Å². The van der Waals surface area contributed by atoms with E-state index in [4.69, 9.17) is 9.47 Å². The standard InChI is InChI=1S/C10H15NO4/c1-10(13)2-3-11(7-10)9(12)8-6-14-4-5-15-8/h6,13H,2-5,7H2,1H3. The van der Waals surface area contributed by atoms with E-state index in [0.717, 1.165) is 0 Å². The van der Waals surface area contributed by atoms with E-state index in [-0.39, 0.29) is 11.7 Å².